The second kappa shape index (κ2) is 10.2. The van der Waals surface area contributed by atoms with E-state index >= 15 is 0 Å². The third-order valence-corrected chi connectivity index (χ3v) is 5.96. The van der Waals surface area contributed by atoms with Gasteiger partial charge in [0.15, 0.2) is 0 Å². The van der Waals surface area contributed by atoms with Gasteiger partial charge >= 0.3 is 5.91 Å². The first-order valence-electron chi connectivity index (χ1n) is 11.1. The predicted molar refractivity (Wildman–Crippen MR) is 127 cm³/mol. The van der Waals surface area contributed by atoms with E-state index in [0.29, 0.717) is 12.5 Å². The first kappa shape index (κ1) is 23.8. The van der Waals surface area contributed by atoms with Crippen molar-refractivity contribution in [2.45, 2.75) is 39.2 Å². The Kier molecular flexibility index (Phi) is 7.54. The van der Waals surface area contributed by atoms with Crippen LogP contribution >= 0.6 is 0 Å². The summed E-state index contributed by atoms with van der Waals surface area (Å²) in [5.41, 5.74) is 2.33. The molecule has 1 aromatic carbocycles. The molecule has 2 aromatic rings. The van der Waals surface area contributed by atoms with Crippen LogP contribution in [0.3, 0.4) is 0 Å². The average Bonchev–Trinajstić information content (AvgIpc) is 3.24. The lowest BCUT2D eigenvalue weighted by Gasteiger charge is -2.35. The van der Waals surface area contributed by atoms with Crippen LogP contribution in [0.25, 0.3) is 4.85 Å². The summed E-state index contributed by atoms with van der Waals surface area (Å²) in [6.45, 7) is 16.9. The highest BCUT2D eigenvalue weighted by Crippen LogP contribution is 2.35. The fourth-order valence-corrected chi connectivity index (χ4v) is 3.75. The summed E-state index contributed by atoms with van der Waals surface area (Å²) >= 11 is 0. The van der Waals surface area contributed by atoms with E-state index in [4.69, 9.17) is 11.3 Å². The van der Waals surface area contributed by atoms with E-state index < -0.39 is 5.60 Å². The number of rotatable bonds is 8. The number of carbonyl (C=O) groups is 1. The molecule has 0 spiro atoms. The number of aromatic nitrogens is 2. The van der Waals surface area contributed by atoms with Crippen LogP contribution in [0, 0.1) is 12.5 Å². The molecule has 2 heterocycles. The van der Waals surface area contributed by atoms with Crippen LogP contribution < -0.4 is 10.2 Å². The maximum atomic E-state index is 12.8. The fourth-order valence-electron chi connectivity index (χ4n) is 3.75. The molecule has 0 atom stereocenters. The summed E-state index contributed by atoms with van der Waals surface area (Å²) in [4.78, 5) is 27.2. The van der Waals surface area contributed by atoms with Crippen LogP contribution in [-0.2, 0) is 10.3 Å². The normalized spacial score (nSPS) is 15.1. The maximum absolute atomic E-state index is 12.8. The van der Waals surface area contributed by atoms with Crippen LogP contribution in [0.15, 0.2) is 24.4 Å². The Morgan fingerprint density at radius 2 is 2.09 bits per heavy atom. The van der Waals surface area contributed by atoms with Gasteiger partial charge in [-0.3, -0.25) is 9.78 Å². The van der Waals surface area contributed by atoms with E-state index in [1.807, 2.05) is 26.2 Å². The van der Waals surface area contributed by atoms with Gasteiger partial charge in [-0.1, -0.05) is 19.6 Å². The minimum atomic E-state index is -0.456. The second-order valence-corrected chi connectivity index (χ2v) is 9.25. The highest BCUT2D eigenvalue weighted by molar-refractivity contribution is 6.04. The lowest BCUT2D eigenvalue weighted by Crippen LogP contribution is -2.34. The number of aromatic amines is 1. The molecule has 2 N–H and O–H groups in total. The number of anilines is 2. The molecule has 1 saturated heterocycles. The summed E-state index contributed by atoms with van der Waals surface area (Å²) in [6.07, 6.45) is 3.60. The lowest BCUT2D eigenvalue weighted by atomic mass is 9.94. The summed E-state index contributed by atoms with van der Waals surface area (Å²) in [7, 11) is 4.06. The Hall–Kier alpha value is -2.89. The Morgan fingerprint density at radius 3 is 2.72 bits per heavy atom. The third kappa shape index (κ3) is 5.87. The minimum absolute atomic E-state index is 0.130. The van der Waals surface area contributed by atoms with Gasteiger partial charge in [0.05, 0.1) is 29.8 Å². The molecule has 1 aliphatic heterocycles. The number of carbonyl (C=O) groups excluding carboxylic acids is 1. The molecule has 0 radical (unpaired) electrons. The first-order chi connectivity index (χ1) is 15.2. The van der Waals surface area contributed by atoms with Crippen molar-refractivity contribution >= 4 is 23.1 Å². The molecule has 1 aliphatic rings. The molecule has 32 heavy (non-hydrogen) atoms. The molecule has 1 amide bonds. The smallest absolute Gasteiger partial charge is 0.314 e. The van der Waals surface area contributed by atoms with Gasteiger partial charge in [-0.25, -0.2) is 4.98 Å². The lowest BCUT2D eigenvalue weighted by molar-refractivity contribution is -0.0268. The van der Waals surface area contributed by atoms with Crippen LogP contribution in [-0.4, -0.2) is 61.1 Å². The van der Waals surface area contributed by atoms with Crippen LogP contribution in [0.2, 0.25) is 0 Å². The van der Waals surface area contributed by atoms with Gasteiger partial charge in [0.25, 0.3) is 5.82 Å². The van der Waals surface area contributed by atoms with Crippen LogP contribution in [0.1, 0.15) is 49.8 Å². The van der Waals surface area contributed by atoms with Crippen molar-refractivity contribution in [3.63, 3.8) is 0 Å². The SMILES string of the molecule is [C-]#[N+]c1cnc(C(=O)Nc2ccc(C(C)(C)OCCN(C)C)cc2N2CCC(C)CC2)[nH]1. The number of hydrogen-bond acceptors (Lipinski definition) is 5. The van der Waals surface area contributed by atoms with Gasteiger partial charge in [-0.05, 0) is 64.4 Å². The molecule has 1 fully saturated rings. The number of ether oxygens (including phenoxy) is 1. The molecule has 8 heteroatoms. The Balaban J connectivity index is 1.87. The van der Waals surface area contributed by atoms with Gasteiger partial charge in [0, 0.05) is 19.6 Å². The molecule has 0 bridgehead atoms. The Bertz CT molecular complexity index is 967. The van der Waals surface area contributed by atoms with Crippen molar-refractivity contribution in [1.29, 1.82) is 0 Å². The Labute approximate surface area is 190 Å². The van der Waals surface area contributed by atoms with Crippen molar-refractivity contribution in [2.24, 2.45) is 5.92 Å². The summed E-state index contributed by atoms with van der Waals surface area (Å²) in [6, 6.07) is 6.08. The quantitative estimate of drug-likeness (QED) is 0.602. The number of piperidine rings is 1. The molecule has 0 unspecified atom stereocenters. The molecule has 0 aliphatic carbocycles. The first-order valence-corrected chi connectivity index (χ1v) is 11.1. The predicted octanol–water partition coefficient (Wildman–Crippen LogP) is 4.26. The minimum Gasteiger partial charge on any atom is -0.370 e. The van der Waals surface area contributed by atoms with Crippen molar-refractivity contribution < 1.29 is 9.53 Å². The molecule has 0 saturated carbocycles. The zero-order chi connectivity index (χ0) is 23.3. The van der Waals surface area contributed by atoms with Crippen molar-refractivity contribution in [3.8, 4) is 0 Å². The van der Waals surface area contributed by atoms with Crippen molar-refractivity contribution in [2.75, 3.05) is 50.6 Å². The largest absolute Gasteiger partial charge is 0.370 e. The highest BCUT2D eigenvalue weighted by Gasteiger charge is 2.26. The van der Waals surface area contributed by atoms with Gasteiger partial charge in [-0.2, -0.15) is 0 Å². The number of likely N-dealkylation sites (N-methyl/N-ethyl adjacent to an activating group) is 1. The number of amides is 1. The summed E-state index contributed by atoms with van der Waals surface area (Å²) in [5, 5.41) is 2.98. The molecule has 1 aromatic heterocycles. The highest BCUT2D eigenvalue weighted by atomic mass is 16.5. The van der Waals surface area contributed by atoms with Gasteiger partial charge < -0.3 is 24.7 Å². The van der Waals surface area contributed by atoms with E-state index in [1.165, 1.54) is 6.20 Å². The topological polar surface area (TPSA) is 77.8 Å². The standard InChI is InChI=1S/C24H34N6O2/c1-17-9-11-30(12-10-17)20-15-18(24(2,3)32-14-13-29(5)6)7-8-19(20)27-23(31)22-26-16-21(25-4)28-22/h7-8,15-17H,9-14H2,1-3,5-6H3,(H,26,28)(H,27,31). The van der Waals surface area contributed by atoms with Gasteiger partial charge in [0.1, 0.15) is 0 Å². The molecular formula is C24H34N6O2. The zero-order valence-corrected chi connectivity index (χ0v) is 19.7. The molecule has 8 nitrogen and oxygen atoms in total. The molecule has 3 rings (SSSR count). The van der Waals surface area contributed by atoms with Crippen LogP contribution in [0.4, 0.5) is 17.2 Å². The average molecular weight is 439 g/mol. The number of hydrogen-bond donors (Lipinski definition) is 2. The fraction of sp³-hybridized carbons (Fsp3) is 0.542. The summed E-state index contributed by atoms with van der Waals surface area (Å²) < 4.78 is 6.20. The van der Waals surface area contributed by atoms with Crippen LogP contribution in [0.5, 0.6) is 0 Å². The van der Waals surface area contributed by atoms with Crippen molar-refractivity contribution in [1.82, 2.24) is 14.9 Å². The third-order valence-electron chi connectivity index (χ3n) is 5.96. The number of nitrogens with zero attached hydrogens (tertiary/aromatic N) is 4. The molecular weight excluding hydrogens is 404 g/mol. The Morgan fingerprint density at radius 1 is 1.38 bits per heavy atom. The monoisotopic (exact) mass is 438 g/mol. The van der Waals surface area contributed by atoms with E-state index in [2.05, 4.69) is 56.8 Å². The number of imidazole rings is 1. The number of H-pyrrole nitrogens is 1. The van der Waals surface area contributed by atoms with E-state index in [1.54, 1.807) is 0 Å². The van der Waals surface area contributed by atoms with Crippen molar-refractivity contribution in [3.05, 3.63) is 47.2 Å². The second-order valence-electron chi connectivity index (χ2n) is 9.25. The number of nitrogens with one attached hydrogen (secondary N) is 2. The van der Waals surface area contributed by atoms with Gasteiger partial charge in [0.2, 0.25) is 5.82 Å². The number of benzene rings is 1. The zero-order valence-electron chi connectivity index (χ0n) is 19.7. The van der Waals surface area contributed by atoms with Gasteiger partial charge in [-0.15, -0.1) is 0 Å². The summed E-state index contributed by atoms with van der Waals surface area (Å²) in [5.74, 6) is 0.715. The van der Waals surface area contributed by atoms with E-state index in [-0.39, 0.29) is 17.5 Å². The van der Waals surface area contributed by atoms with E-state index in [9.17, 15) is 4.79 Å². The molecule has 172 valence electrons. The maximum Gasteiger partial charge on any atom is 0.314 e. The van der Waals surface area contributed by atoms with E-state index in [0.717, 1.165) is 49.4 Å².